The van der Waals surface area contributed by atoms with E-state index in [2.05, 4.69) is 36.5 Å². The molecule has 0 radical (unpaired) electrons. The van der Waals surface area contributed by atoms with Crippen LogP contribution in [0.2, 0.25) is 0 Å². The van der Waals surface area contributed by atoms with Gasteiger partial charge in [-0.2, -0.15) is 0 Å². The predicted molar refractivity (Wildman–Crippen MR) is 98.2 cm³/mol. The van der Waals surface area contributed by atoms with Crippen LogP contribution in [-0.4, -0.2) is 24.0 Å². The molecule has 6 rings (SSSR count). The average molecular weight is 340 g/mol. The molecule has 4 fully saturated rings. The van der Waals surface area contributed by atoms with Crippen LogP contribution in [0.25, 0.3) is 0 Å². The largest absolute Gasteiger partial charge is 0.345 e. The maximum absolute atomic E-state index is 13.1. The Morgan fingerprint density at radius 3 is 2.32 bits per heavy atom. The summed E-state index contributed by atoms with van der Waals surface area (Å²) in [4.78, 5) is 14.5. The normalized spacial score (nSPS) is 39.7. The zero-order valence-electron chi connectivity index (χ0n) is 15.4. The van der Waals surface area contributed by atoms with Gasteiger partial charge in [-0.15, -0.1) is 0 Å². The third-order valence-electron chi connectivity index (χ3n) is 7.68. The first kappa shape index (κ1) is 15.9. The lowest BCUT2D eigenvalue weighted by Crippen LogP contribution is -3.16. The third kappa shape index (κ3) is 2.81. The van der Waals surface area contributed by atoms with Crippen LogP contribution >= 0.6 is 0 Å². The van der Waals surface area contributed by atoms with Crippen molar-refractivity contribution in [2.24, 2.45) is 17.8 Å². The number of carbonyl (C=O) groups excluding carboxylic acids is 1. The molecule has 2 N–H and O–H groups in total. The Morgan fingerprint density at radius 1 is 1.08 bits per heavy atom. The smallest absolute Gasteiger partial charge is 0.278 e. The van der Waals surface area contributed by atoms with Crippen LogP contribution in [0, 0.1) is 17.8 Å². The Bertz CT molecular complexity index is 647. The van der Waals surface area contributed by atoms with E-state index in [4.69, 9.17) is 0 Å². The number of rotatable bonds is 3. The third-order valence-corrected chi connectivity index (χ3v) is 7.68. The lowest BCUT2D eigenvalue weighted by molar-refractivity contribution is -0.929. The Balaban J connectivity index is 1.27. The predicted octanol–water partition coefficient (Wildman–Crippen LogP) is 2.10. The molecule has 0 aromatic heterocycles. The quantitative estimate of drug-likeness (QED) is 0.869. The van der Waals surface area contributed by atoms with Crippen molar-refractivity contribution in [1.82, 2.24) is 5.32 Å². The second kappa shape index (κ2) is 5.84. The molecule has 3 heteroatoms. The van der Waals surface area contributed by atoms with E-state index >= 15 is 0 Å². The molecule has 1 heterocycles. The second-order valence-electron chi connectivity index (χ2n) is 9.51. The van der Waals surface area contributed by atoms with E-state index in [0.29, 0.717) is 5.91 Å². The van der Waals surface area contributed by atoms with Gasteiger partial charge in [-0.3, -0.25) is 4.79 Å². The van der Waals surface area contributed by atoms with Gasteiger partial charge in [-0.05, 0) is 68.8 Å². The molecule has 1 aliphatic heterocycles. The van der Waals surface area contributed by atoms with Crippen molar-refractivity contribution in [2.45, 2.75) is 70.0 Å². The van der Waals surface area contributed by atoms with E-state index < -0.39 is 0 Å². The van der Waals surface area contributed by atoms with Crippen LogP contribution in [0.3, 0.4) is 0 Å². The maximum atomic E-state index is 13.1. The average Bonchev–Trinajstić information content (AvgIpc) is 2.59. The summed E-state index contributed by atoms with van der Waals surface area (Å²) >= 11 is 0. The van der Waals surface area contributed by atoms with Crippen molar-refractivity contribution in [2.75, 3.05) is 6.54 Å². The molecule has 4 saturated carbocycles. The van der Waals surface area contributed by atoms with Gasteiger partial charge in [0.25, 0.3) is 5.91 Å². The van der Waals surface area contributed by atoms with Crippen molar-refractivity contribution in [1.29, 1.82) is 0 Å². The fraction of sp³-hybridized carbons (Fsp3) is 0.682. The molecule has 3 nitrogen and oxygen atoms in total. The van der Waals surface area contributed by atoms with Crippen LogP contribution < -0.4 is 10.2 Å². The molecule has 1 aromatic rings. The summed E-state index contributed by atoms with van der Waals surface area (Å²) in [6.45, 7) is 4.21. The molecule has 134 valence electrons. The van der Waals surface area contributed by atoms with Crippen LogP contribution in [0.1, 0.15) is 56.6 Å². The Hall–Kier alpha value is -1.35. The number of carbonyl (C=O) groups is 1. The summed E-state index contributed by atoms with van der Waals surface area (Å²) in [6, 6.07) is 8.79. The summed E-state index contributed by atoms with van der Waals surface area (Å²) in [6.07, 6.45) is 9.12. The van der Waals surface area contributed by atoms with E-state index in [1.165, 1.54) is 54.6 Å². The standard InChI is InChI=1S/C22H30N2O/c1-15(24-7-6-19-4-2-3-5-20(19)14-24)21(25)23-22-11-16-8-17(12-22)10-18(9-16)13-22/h2-5,15-18H,6-14H2,1H3,(H,23,25)/p+1/t15-,16?,17?,18?,22?/m0/s1. The minimum atomic E-state index is 0.0568. The van der Waals surface area contributed by atoms with Crippen molar-refractivity contribution in [3.8, 4) is 0 Å². The summed E-state index contributed by atoms with van der Waals surface area (Å²) < 4.78 is 0. The van der Waals surface area contributed by atoms with E-state index in [-0.39, 0.29) is 11.6 Å². The van der Waals surface area contributed by atoms with Crippen LogP contribution in [0.4, 0.5) is 0 Å². The fourth-order valence-corrected chi connectivity index (χ4v) is 6.79. The Kier molecular flexibility index (Phi) is 3.70. The van der Waals surface area contributed by atoms with Crippen LogP contribution in [-0.2, 0) is 17.8 Å². The van der Waals surface area contributed by atoms with Gasteiger partial charge in [0.05, 0.1) is 6.54 Å². The number of benzene rings is 1. The molecule has 4 bridgehead atoms. The molecule has 1 unspecified atom stereocenters. The SMILES string of the molecule is C[C@@H](C(=O)NC12CC3CC(CC(C3)C1)C2)[NH+]1CCc2ccccc2C1. The number of amides is 1. The minimum absolute atomic E-state index is 0.0568. The van der Waals surface area contributed by atoms with Gasteiger partial charge in [0.2, 0.25) is 0 Å². The van der Waals surface area contributed by atoms with E-state index in [9.17, 15) is 4.79 Å². The number of hydrogen-bond acceptors (Lipinski definition) is 1. The van der Waals surface area contributed by atoms with Crippen molar-refractivity contribution >= 4 is 5.91 Å². The molecular formula is C22H31N2O+. The Labute approximate surface area is 151 Å². The minimum Gasteiger partial charge on any atom is -0.345 e. The summed E-state index contributed by atoms with van der Waals surface area (Å²) in [5.41, 5.74) is 3.05. The van der Waals surface area contributed by atoms with Crippen LogP contribution in [0.15, 0.2) is 24.3 Å². The second-order valence-corrected chi connectivity index (χ2v) is 9.51. The Morgan fingerprint density at radius 2 is 1.68 bits per heavy atom. The molecule has 25 heavy (non-hydrogen) atoms. The van der Waals surface area contributed by atoms with Gasteiger partial charge in [-0.1, -0.05) is 24.3 Å². The zero-order valence-corrected chi connectivity index (χ0v) is 15.4. The van der Waals surface area contributed by atoms with Crippen molar-refractivity contribution < 1.29 is 9.69 Å². The topological polar surface area (TPSA) is 33.5 Å². The molecule has 1 aromatic carbocycles. The van der Waals surface area contributed by atoms with Crippen LogP contribution in [0.5, 0.6) is 0 Å². The van der Waals surface area contributed by atoms with Gasteiger partial charge >= 0.3 is 0 Å². The number of hydrogen-bond donors (Lipinski definition) is 2. The lowest BCUT2D eigenvalue weighted by Gasteiger charge is -2.57. The molecule has 0 saturated heterocycles. The summed E-state index contributed by atoms with van der Waals surface area (Å²) in [5.74, 6) is 2.96. The molecular weight excluding hydrogens is 308 g/mol. The molecule has 5 aliphatic rings. The first-order chi connectivity index (χ1) is 12.1. The van der Waals surface area contributed by atoms with Gasteiger partial charge < -0.3 is 10.2 Å². The van der Waals surface area contributed by atoms with Gasteiger partial charge in [-0.25, -0.2) is 0 Å². The highest BCUT2D eigenvalue weighted by Crippen LogP contribution is 2.55. The van der Waals surface area contributed by atoms with E-state index in [1.54, 1.807) is 0 Å². The highest BCUT2D eigenvalue weighted by atomic mass is 16.2. The number of nitrogens with one attached hydrogen (secondary N) is 2. The molecule has 4 aliphatic carbocycles. The lowest BCUT2D eigenvalue weighted by atomic mass is 9.53. The maximum Gasteiger partial charge on any atom is 0.278 e. The van der Waals surface area contributed by atoms with Gasteiger partial charge in [0.1, 0.15) is 6.54 Å². The highest BCUT2D eigenvalue weighted by molar-refractivity contribution is 5.80. The fourth-order valence-electron chi connectivity index (χ4n) is 6.79. The summed E-state index contributed by atoms with van der Waals surface area (Å²) in [5, 5.41) is 3.59. The van der Waals surface area contributed by atoms with Gasteiger partial charge in [0.15, 0.2) is 6.04 Å². The molecule has 1 amide bonds. The number of fused-ring (bicyclic) bond motifs is 1. The zero-order chi connectivity index (χ0) is 17.0. The van der Waals surface area contributed by atoms with E-state index in [1.807, 2.05) is 0 Å². The first-order valence-corrected chi connectivity index (χ1v) is 10.3. The molecule has 2 atom stereocenters. The highest BCUT2D eigenvalue weighted by Gasteiger charge is 2.52. The first-order valence-electron chi connectivity index (χ1n) is 10.3. The monoisotopic (exact) mass is 339 g/mol. The number of quaternary nitrogens is 1. The van der Waals surface area contributed by atoms with Gasteiger partial charge in [0, 0.05) is 17.5 Å². The molecule has 0 spiro atoms. The summed E-state index contributed by atoms with van der Waals surface area (Å²) in [7, 11) is 0. The van der Waals surface area contributed by atoms with Crippen molar-refractivity contribution in [3.63, 3.8) is 0 Å². The van der Waals surface area contributed by atoms with Crippen molar-refractivity contribution in [3.05, 3.63) is 35.4 Å². The van der Waals surface area contributed by atoms with E-state index in [0.717, 1.165) is 37.3 Å².